The molecule has 0 bridgehead atoms. The van der Waals surface area contributed by atoms with Crippen LogP contribution in [0, 0.1) is 5.41 Å². The molecule has 1 saturated heterocycles. The summed E-state index contributed by atoms with van der Waals surface area (Å²) in [5.41, 5.74) is 0.209. The fourth-order valence-corrected chi connectivity index (χ4v) is 4.03. The largest absolute Gasteiger partial charge is 0.378 e. The predicted octanol–water partition coefficient (Wildman–Crippen LogP) is 3.92. The van der Waals surface area contributed by atoms with Crippen molar-refractivity contribution in [2.24, 2.45) is 5.41 Å². The van der Waals surface area contributed by atoms with Gasteiger partial charge in [0.2, 0.25) is 5.91 Å². The second-order valence-corrected chi connectivity index (χ2v) is 12.4. The lowest BCUT2D eigenvalue weighted by atomic mass is 9.92. The van der Waals surface area contributed by atoms with Gasteiger partial charge in [-0.25, -0.2) is 0 Å². The standard InChI is InChI=1S/C28H58N4O3/c1-24(2)29-14-9-21-34-25(3)11-12-28(7,8)35-22-10-15-30-26(33)23-32-19-17-31(18-20-32)16-13-27(4,5)6/h24-25,29H,9-23H2,1-8H3,(H,30,33). The van der Waals surface area contributed by atoms with E-state index in [1.165, 1.54) is 6.42 Å². The third-order valence-electron chi connectivity index (χ3n) is 6.58. The van der Waals surface area contributed by atoms with Crippen LogP contribution in [0.3, 0.4) is 0 Å². The van der Waals surface area contributed by atoms with Crippen LogP contribution in [0.15, 0.2) is 0 Å². The first-order valence-corrected chi connectivity index (χ1v) is 14.1. The summed E-state index contributed by atoms with van der Waals surface area (Å²) >= 11 is 0. The van der Waals surface area contributed by atoms with Gasteiger partial charge in [0.25, 0.3) is 0 Å². The second-order valence-electron chi connectivity index (χ2n) is 12.4. The molecule has 1 amide bonds. The molecule has 0 spiro atoms. The third-order valence-corrected chi connectivity index (χ3v) is 6.58. The van der Waals surface area contributed by atoms with Crippen molar-refractivity contribution in [3.05, 3.63) is 0 Å². The molecule has 35 heavy (non-hydrogen) atoms. The minimum atomic E-state index is -0.173. The smallest absolute Gasteiger partial charge is 0.234 e. The number of hydrogen-bond donors (Lipinski definition) is 2. The summed E-state index contributed by atoms with van der Waals surface area (Å²) in [6.45, 7) is 26.5. The zero-order valence-electron chi connectivity index (χ0n) is 24.4. The van der Waals surface area contributed by atoms with Crippen LogP contribution in [0.1, 0.15) is 87.5 Å². The van der Waals surface area contributed by atoms with Crippen LogP contribution in [0.5, 0.6) is 0 Å². The molecule has 0 aromatic heterocycles. The van der Waals surface area contributed by atoms with Gasteiger partial charge in [-0.3, -0.25) is 9.69 Å². The Bertz CT molecular complexity index is 555. The van der Waals surface area contributed by atoms with E-state index in [-0.39, 0.29) is 17.6 Å². The Morgan fingerprint density at radius 1 is 0.886 bits per heavy atom. The van der Waals surface area contributed by atoms with E-state index in [9.17, 15) is 4.79 Å². The molecule has 0 aromatic rings. The van der Waals surface area contributed by atoms with E-state index in [4.69, 9.17) is 9.47 Å². The van der Waals surface area contributed by atoms with Crippen LogP contribution in [-0.4, -0.2) is 99.0 Å². The molecular formula is C28H58N4O3. The van der Waals surface area contributed by atoms with Gasteiger partial charge in [-0.2, -0.15) is 0 Å². The van der Waals surface area contributed by atoms with Crippen molar-refractivity contribution in [2.75, 3.05) is 65.6 Å². The molecule has 0 aromatic carbocycles. The number of hydrogen-bond acceptors (Lipinski definition) is 6. The number of amides is 1. The third kappa shape index (κ3) is 18.2. The summed E-state index contributed by atoms with van der Waals surface area (Å²) < 4.78 is 12.0. The van der Waals surface area contributed by atoms with Crippen LogP contribution in [-0.2, 0) is 14.3 Å². The number of nitrogens with one attached hydrogen (secondary N) is 2. The summed E-state index contributed by atoms with van der Waals surface area (Å²) in [6.07, 6.45) is 5.30. The van der Waals surface area contributed by atoms with Crippen molar-refractivity contribution in [1.29, 1.82) is 0 Å². The Labute approximate surface area is 217 Å². The minimum absolute atomic E-state index is 0.127. The van der Waals surface area contributed by atoms with Crippen LogP contribution < -0.4 is 10.6 Å². The summed E-state index contributed by atoms with van der Waals surface area (Å²) in [5, 5.41) is 6.48. The van der Waals surface area contributed by atoms with Crippen LogP contribution >= 0.6 is 0 Å². The normalized spacial score (nSPS) is 17.2. The molecule has 1 unspecified atom stereocenters. The summed E-state index contributed by atoms with van der Waals surface area (Å²) in [7, 11) is 0. The second kappa shape index (κ2) is 16.9. The van der Waals surface area contributed by atoms with Crippen molar-refractivity contribution < 1.29 is 14.3 Å². The first-order valence-electron chi connectivity index (χ1n) is 14.1. The summed E-state index contributed by atoms with van der Waals surface area (Å²) in [5.74, 6) is 0.127. The zero-order chi connectivity index (χ0) is 26.3. The summed E-state index contributed by atoms with van der Waals surface area (Å²) in [6, 6.07) is 0.531. The summed E-state index contributed by atoms with van der Waals surface area (Å²) in [4.78, 5) is 17.1. The Morgan fingerprint density at radius 2 is 1.51 bits per heavy atom. The van der Waals surface area contributed by atoms with Crippen LogP contribution in [0.25, 0.3) is 0 Å². The highest BCUT2D eigenvalue weighted by Gasteiger charge is 2.21. The number of carbonyl (C=O) groups excluding carboxylic acids is 1. The highest BCUT2D eigenvalue weighted by molar-refractivity contribution is 5.77. The van der Waals surface area contributed by atoms with E-state index in [1.54, 1.807) is 0 Å². The molecule has 0 saturated carbocycles. The average Bonchev–Trinajstić information content (AvgIpc) is 2.76. The first-order chi connectivity index (χ1) is 16.4. The van der Waals surface area contributed by atoms with Gasteiger partial charge in [0.1, 0.15) is 0 Å². The fourth-order valence-electron chi connectivity index (χ4n) is 4.03. The first kappa shape index (κ1) is 32.3. The van der Waals surface area contributed by atoms with Crippen LogP contribution in [0.2, 0.25) is 0 Å². The number of nitrogens with zero attached hydrogens (tertiary/aromatic N) is 2. The Kier molecular flexibility index (Phi) is 15.6. The number of ether oxygens (including phenoxy) is 2. The zero-order valence-corrected chi connectivity index (χ0v) is 24.4. The number of rotatable bonds is 18. The molecule has 1 aliphatic rings. The van der Waals surface area contributed by atoms with Gasteiger partial charge in [-0.05, 0) is 71.4 Å². The molecule has 0 aliphatic carbocycles. The van der Waals surface area contributed by atoms with Gasteiger partial charge in [0.05, 0.1) is 18.2 Å². The minimum Gasteiger partial charge on any atom is -0.378 e. The van der Waals surface area contributed by atoms with Gasteiger partial charge in [0.15, 0.2) is 0 Å². The average molecular weight is 499 g/mol. The molecule has 208 valence electrons. The maximum absolute atomic E-state index is 12.3. The Balaban J connectivity index is 2.05. The van der Waals surface area contributed by atoms with Crippen molar-refractivity contribution in [3.63, 3.8) is 0 Å². The molecule has 1 rings (SSSR count). The lowest BCUT2D eigenvalue weighted by molar-refractivity contribution is -0.122. The van der Waals surface area contributed by atoms with E-state index in [2.05, 4.69) is 75.8 Å². The van der Waals surface area contributed by atoms with Gasteiger partial charge >= 0.3 is 0 Å². The molecule has 7 nitrogen and oxygen atoms in total. The van der Waals surface area contributed by atoms with E-state index in [0.29, 0.717) is 31.2 Å². The van der Waals surface area contributed by atoms with Crippen molar-refractivity contribution in [1.82, 2.24) is 20.4 Å². The van der Waals surface area contributed by atoms with Crippen molar-refractivity contribution >= 4 is 5.91 Å². The molecule has 1 heterocycles. The van der Waals surface area contributed by atoms with Crippen molar-refractivity contribution in [2.45, 2.75) is 105 Å². The van der Waals surface area contributed by atoms with Gasteiger partial charge in [-0.1, -0.05) is 34.6 Å². The maximum Gasteiger partial charge on any atom is 0.234 e. The molecule has 0 radical (unpaired) electrons. The monoisotopic (exact) mass is 498 g/mol. The lowest BCUT2D eigenvalue weighted by Crippen LogP contribution is -2.50. The lowest BCUT2D eigenvalue weighted by Gasteiger charge is -2.35. The number of piperazine rings is 1. The quantitative estimate of drug-likeness (QED) is 0.279. The van der Waals surface area contributed by atoms with E-state index in [1.807, 2.05) is 0 Å². The van der Waals surface area contributed by atoms with Gasteiger partial charge in [-0.15, -0.1) is 0 Å². The van der Waals surface area contributed by atoms with Gasteiger partial charge < -0.3 is 25.0 Å². The molecule has 1 fully saturated rings. The topological polar surface area (TPSA) is 66.1 Å². The number of carbonyl (C=O) groups is 1. The van der Waals surface area contributed by atoms with E-state index < -0.39 is 0 Å². The Hall–Kier alpha value is -0.730. The molecule has 1 aliphatic heterocycles. The molecule has 1 atom stereocenters. The highest BCUT2D eigenvalue weighted by atomic mass is 16.5. The van der Waals surface area contributed by atoms with Crippen LogP contribution in [0.4, 0.5) is 0 Å². The Morgan fingerprint density at radius 3 is 2.14 bits per heavy atom. The maximum atomic E-state index is 12.3. The SMILES string of the molecule is CC(C)NCCCOC(C)CCC(C)(C)OCCCNC(=O)CN1CCN(CCC(C)(C)C)CC1. The van der Waals surface area contributed by atoms with Crippen molar-refractivity contribution in [3.8, 4) is 0 Å². The molecule has 7 heteroatoms. The highest BCUT2D eigenvalue weighted by Crippen LogP contribution is 2.20. The van der Waals surface area contributed by atoms with E-state index in [0.717, 1.165) is 71.6 Å². The molecular weight excluding hydrogens is 440 g/mol. The predicted molar refractivity (Wildman–Crippen MR) is 147 cm³/mol. The van der Waals surface area contributed by atoms with E-state index >= 15 is 0 Å². The van der Waals surface area contributed by atoms with Gasteiger partial charge in [0, 0.05) is 52.0 Å². The fraction of sp³-hybridized carbons (Fsp3) is 0.964. The molecule has 2 N–H and O–H groups in total.